The van der Waals surface area contributed by atoms with Crippen LogP contribution in [0.3, 0.4) is 0 Å². The minimum absolute atomic E-state index is 0.0417. The summed E-state index contributed by atoms with van der Waals surface area (Å²) in [6, 6.07) is 12.0. The standard InChI is InChI=1S/C14H12N2O4/c17-13-6-4-11(5-7-13)15-14(18)9-10-2-1-3-12(8-10)16(19)20/h1-8,17H,9H2,(H,15,18). The van der Waals surface area contributed by atoms with Gasteiger partial charge in [0, 0.05) is 17.8 Å². The molecular weight excluding hydrogens is 260 g/mol. The van der Waals surface area contributed by atoms with Gasteiger partial charge in [-0.1, -0.05) is 12.1 Å². The number of nitrogens with zero attached hydrogens (tertiary/aromatic N) is 1. The Labute approximate surface area is 114 Å². The molecule has 0 unspecified atom stereocenters. The maximum Gasteiger partial charge on any atom is 0.269 e. The zero-order valence-electron chi connectivity index (χ0n) is 10.4. The van der Waals surface area contributed by atoms with Crippen molar-refractivity contribution in [1.29, 1.82) is 0 Å². The Morgan fingerprint density at radius 3 is 2.55 bits per heavy atom. The van der Waals surface area contributed by atoms with E-state index in [2.05, 4.69) is 5.32 Å². The molecule has 0 heterocycles. The normalized spacial score (nSPS) is 10.0. The molecule has 0 fully saturated rings. The second kappa shape index (κ2) is 5.83. The fraction of sp³-hybridized carbons (Fsp3) is 0.0714. The number of phenolic OH excluding ortho intramolecular Hbond substituents is 1. The minimum atomic E-state index is -0.499. The van der Waals surface area contributed by atoms with Gasteiger partial charge in [-0.25, -0.2) is 0 Å². The Balaban J connectivity index is 2.02. The first-order valence-electron chi connectivity index (χ1n) is 5.87. The van der Waals surface area contributed by atoms with Crippen LogP contribution in [0.5, 0.6) is 5.75 Å². The van der Waals surface area contributed by atoms with Gasteiger partial charge in [-0.3, -0.25) is 14.9 Å². The number of nitro benzene ring substituents is 1. The summed E-state index contributed by atoms with van der Waals surface area (Å²) in [5.41, 5.74) is 1.08. The van der Waals surface area contributed by atoms with E-state index < -0.39 is 4.92 Å². The molecule has 0 bridgehead atoms. The molecule has 2 aromatic rings. The van der Waals surface area contributed by atoms with Crippen molar-refractivity contribution in [2.45, 2.75) is 6.42 Å². The van der Waals surface area contributed by atoms with Gasteiger partial charge in [-0.2, -0.15) is 0 Å². The summed E-state index contributed by atoms with van der Waals surface area (Å²) in [4.78, 5) is 21.9. The molecule has 6 heteroatoms. The lowest BCUT2D eigenvalue weighted by Crippen LogP contribution is -2.14. The van der Waals surface area contributed by atoms with Crippen molar-refractivity contribution in [3.05, 3.63) is 64.2 Å². The molecule has 0 spiro atoms. The van der Waals surface area contributed by atoms with Crippen LogP contribution in [0.1, 0.15) is 5.56 Å². The number of non-ortho nitro benzene ring substituents is 1. The van der Waals surface area contributed by atoms with Crippen molar-refractivity contribution in [3.63, 3.8) is 0 Å². The van der Waals surface area contributed by atoms with E-state index in [0.29, 0.717) is 11.3 Å². The Bertz CT molecular complexity index is 638. The van der Waals surface area contributed by atoms with Crippen molar-refractivity contribution in [2.24, 2.45) is 0 Å². The Morgan fingerprint density at radius 2 is 1.90 bits per heavy atom. The highest BCUT2D eigenvalue weighted by Gasteiger charge is 2.09. The van der Waals surface area contributed by atoms with Crippen LogP contribution in [0.25, 0.3) is 0 Å². The SMILES string of the molecule is O=C(Cc1cccc([N+](=O)[O-])c1)Nc1ccc(O)cc1. The van der Waals surface area contributed by atoms with Gasteiger partial charge < -0.3 is 10.4 Å². The van der Waals surface area contributed by atoms with Gasteiger partial charge in [0.25, 0.3) is 5.69 Å². The highest BCUT2D eigenvalue weighted by atomic mass is 16.6. The van der Waals surface area contributed by atoms with Crippen molar-refractivity contribution < 1.29 is 14.8 Å². The summed E-state index contributed by atoms with van der Waals surface area (Å²) >= 11 is 0. The van der Waals surface area contributed by atoms with Gasteiger partial charge in [0.05, 0.1) is 11.3 Å². The first kappa shape index (κ1) is 13.5. The van der Waals surface area contributed by atoms with Crippen LogP contribution in [0.15, 0.2) is 48.5 Å². The number of nitro groups is 1. The maximum absolute atomic E-state index is 11.8. The third kappa shape index (κ3) is 3.55. The monoisotopic (exact) mass is 272 g/mol. The third-order valence-electron chi connectivity index (χ3n) is 2.64. The molecule has 2 rings (SSSR count). The average Bonchev–Trinajstić information content (AvgIpc) is 2.41. The molecule has 0 saturated carbocycles. The van der Waals surface area contributed by atoms with Gasteiger partial charge in [0.15, 0.2) is 0 Å². The molecule has 0 atom stereocenters. The first-order chi connectivity index (χ1) is 9.54. The van der Waals surface area contributed by atoms with E-state index in [1.54, 1.807) is 24.3 Å². The predicted molar refractivity (Wildman–Crippen MR) is 73.5 cm³/mol. The molecule has 1 amide bonds. The van der Waals surface area contributed by atoms with Crippen molar-refractivity contribution in [1.82, 2.24) is 0 Å². The van der Waals surface area contributed by atoms with E-state index in [1.165, 1.54) is 24.3 Å². The lowest BCUT2D eigenvalue weighted by atomic mass is 10.1. The Hall–Kier alpha value is -2.89. The van der Waals surface area contributed by atoms with Gasteiger partial charge in [-0.05, 0) is 29.8 Å². The molecule has 2 N–H and O–H groups in total. The lowest BCUT2D eigenvalue weighted by molar-refractivity contribution is -0.384. The minimum Gasteiger partial charge on any atom is -0.508 e. The molecule has 0 aliphatic carbocycles. The summed E-state index contributed by atoms with van der Waals surface area (Å²) in [6.45, 7) is 0. The summed E-state index contributed by atoms with van der Waals surface area (Å²) in [5.74, 6) is -0.169. The second-order valence-corrected chi connectivity index (χ2v) is 4.20. The molecule has 0 aliphatic rings. The highest BCUT2D eigenvalue weighted by Crippen LogP contribution is 2.16. The molecule has 102 valence electrons. The highest BCUT2D eigenvalue weighted by molar-refractivity contribution is 5.92. The van der Waals surface area contributed by atoms with E-state index in [-0.39, 0.29) is 23.8 Å². The van der Waals surface area contributed by atoms with Crippen LogP contribution in [0.4, 0.5) is 11.4 Å². The van der Waals surface area contributed by atoms with Crippen molar-refractivity contribution in [3.8, 4) is 5.75 Å². The van der Waals surface area contributed by atoms with Gasteiger partial charge in [0.1, 0.15) is 5.75 Å². The number of rotatable bonds is 4. The zero-order chi connectivity index (χ0) is 14.5. The number of hydrogen-bond donors (Lipinski definition) is 2. The largest absolute Gasteiger partial charge is 0.508 e. The summed E-state index contributed by atoms with van der Waals surface area (Å²) < 4.78 is 0. The van der Waals surface area contributed by atoms with Crippen molar-refractivity contribution in [2.75, 3.05) is 5.32 Å². The molecule has 2 aromatic carbocycles. The van der Waals surface area contributed by atoms with E-state index >= 15 is 0 Å². The quantitative estimate of drug-likeness (QED) is 0.508. The second-order valence-electron chi connectivity index (χ2n) is 4.20. The van der Waals surface area contributed by atoms with Crippen LogP contribution in [-0.2, 0) is 11.2 Å². The number of amides is 1. The third-order valence-corrected chi connectivity index (χ3v) is 2.64. The van der Waals surface area contributed by atoms with E-state index in [0.717, 1.165) is 0 Å². The van der Waals surface area contributed by atoms with Gasteiger partial charge >= 0.3 is 0 Å². The summed E-state index contributed by atoms with van der Waals surface area (Å²) in [5, 5.41) is 22.4. The topological polar surface area (TPSA) is 92.5 Å². The summed E-state index contributed by atoms with van der Waals surface area (Å²) in [6.07, 6.45) is 0.0442. The summed E-state index contributed by atoms with van der Waals surface area (Å²) in [7, 11) is 0. The molecule has 0 aliphatic heterocycles. The zero-order valence-corrected chi connectivity index (χ0v) is 10.4. The maximum atomic E-state index is 11.8. The van der Waals surface area contributed by atoms with Crippen LogP contribution in [-0.4, -0.2) is 15.9 Å². The lowest BCUT2D eigenvalue weighted by Gasteiger charge is -2.05. The van der Waals surface area contributed by atoms with Crippen LogP contribution in [0.2, 0.25) is 0 Å². The fourth-order valence-corrected chi connectivity index (χ4v) is 1.72. The number of aromatic hydroxyl groups is 1. The molecule has 0 aromatic heterocycles. The van der Waals surface area contributed by atoms with Crippen LogP contribution < -0.4 is 5.32 Å². The number of hydrogen-bond acceptors (Lipinski definition) is 4. The van der Waals surface area contributed by atoms with Crippen molar-refractivity contribution >= 4 is 17.3 Å². The Morgan fingerprint density at radius 1 is 1.20 bits per heavy atom. The number of phenols is 1. The number of benzene rings is 2. The molecule has 0 saturated heterocycles. The average molecular weight is 272 g/mol. The van der Waals surface area contributed by atoms with Gasteiger partial charge in [0.2, 0.25) is 5.91 Å². The van der Waals surface area contributed by atoms with E-state index in [9.17, 15) is 14.9 Å². The first-order valence-corrected chi connectivity index (χ1v) is 5.87. The predicted octanol–water partition coefficient (Wildman–Crippen LogP) is 2.48. The van der Waals surface area contributed by atoms with E-state index in [4.69, 9.17) is 5.11 Å². The fourth-order valence-electron chi connectivity index (χ4n) is 1.72. The molecule has 6 nitrogen and oxygen atoms in total. The molecule has 0 radical (unpaired) electrons. The number of carbonyl (C=O) groups excluding carboxylic acids is 1. The van der Waals surface area contributed by atoms with Crippen LogP contribution in [0, 0.1) is 10.1 Å². The Kier molecular flexibility index (Phi) is 3.95. The van der Waals surface area contributed by atoms with Gasteiger partial charge in [-0.15, -0.1) is 0 Å². The molecule has 20 heavy (non-hydrogen) atoms. The smallest absolute Gasteiger partial charge is 0.269 e. The number of anilines is 1. The van der Waals surface area contributed by atoms with Crippen LogP contribution >= 0.6 is 0 Å². The number of nitrogens with one attached hydrogen (secondary N) is 1. The van der Waals surface area contributed by atoms with E-state index in [1.807, 2.05) is 0 Å². The molecular formula is C14H12N2O4. The number of carbonyl (C=O) groups is 1.